The Labute approximate surface area is 170 Å². The number of hydrogen-bond acceptors (Lipinski definition) is 4. The van der Waals surface area contributed by atoms with Crippen LogP contribution in [0.3, 0.4) is 0 Å². The molecule has 6 nitrogen and oxygen atoms in total. The molecule has 1 aliphatic rings. The summed E-state index contributed by atoms with van der Waals surface area (Å²) >= 11 is 0. The van der Waals surface area contributed by atoms with Crippen molar-refractivity contribution in [2.45, 2.75) is 33.2 Å². The van der Waals surface area contributed by atoms with Crippen molar-refractivity contribution in [1.29, 1.82) is 0 Å². The van der Waals surface area contributed by atoms with Crippen LogP contribution in [-0.2, 0) is 27.6 Å². The van der Waals surface area contributed by atoms with Crippen LogP contribution < -0.4 is 5.32 Å². The van der Waals surface area contributed by atoms with Gasteiger partial charge in [-0.2, -0.15) is 0 Å². The fourth-order valence-electron chi connectivity index (χ4n) is 3.91. The molecule has 7 heteroatoms. The van der Waals surface area contributed by atoms with E-state index in [0.717, 1.165) is 28.1 Å². The van der Waals surface area contributed by atoms with E-state index in [0.29, 0.717) is 12.8 Å². The topological polar surface area (TPSA) is 81.1 Å². The number of imidazole rings is 1. The smallest absolute Gasteiger partial charge is 0.244 e. The summed E-state index contributed by atoms with van der Waals surface area (Å²) in [6.07, 6.45) is 1.21. The van der Waals surface area contributed by atoms with Crippen LogP contribution in [0, 0.1) is 19.8 Å². The molecule has 1 amide bonds. The van der Waals surface area contributed by atoms with E-state index in [1.807, 2.05) is 60.9 Å². The first kappa shape index (κ1) is 19.6. The normalized spacial score (nSPS) is 18.2. The SMILES string of the molecule is Cc1ccc(NC(=O)Cn2c(C[C@H]3CCS(=O)(=O)C3)nc3ccccc32)cc1C. The van der Waals surface area contributed by atoms with Crippen molar-refractivity contribution in [2.75, 3.05) is 16.8 Å². The van der Waals surface area contributed by atoms with Crippen LogP contribution in [-0.4, -0.2) is 35.4 Å². The van der Waals surface area contributed by atoms with Gasteiger partial charge in [0.05, 0.1) is 22.5 Å². The summed E-state index contributed by atoms with van der Waals surface area (Å²) in [5.74, 6) is 1.13. The Morgan fingerprint density at radius 3 is 2.69 bits per heavy atom. The third kappa shape index (κ3) is 4.34. The van der Waals surface area contributed by atoms with E-state index in [4.69, 9.17) is 4.98 Å². The zero-order valence-electron chi connectivity index (χ0n) is 16.7. The number of aromatic nitrogens is 2. The summed E-state index contributed by atoms with van der Waals surface area (Å²) in [6, 6.07) is 13.6. The number of sulfone groups is 1. The van der Waals surface area contributed by atoms with Gasteiger partial charge in [0.2, 0.25) is 5.91 Å². The molecule has 3 aromatic rings. The van der Waals surface area contributed by atoms with Gasteiger partial charge in [-0.05, 0) is 61.6 Å². The zero-order chi connectivity index (χ0) is 20.6. The summed E-state index contributed by atoms with van der Waals surface area (Å²) < 4.78 is 25.6. The Balaban J connectivity index is 1.58. The van der Waals surface area contributed by atoms with E-state index in [2.05, 4.69) is 5.32 Å². The molecule has 1 saturated heterocycles. The lowest BCUT2D eigenvalue weighted by molar-refractivity contribution is -0.116. The fourth-order valence-corrected chi connectivity index (χ4v) is 5.77. The Hall–Kier alpha value is -2.67. The van der Waals surface area contributed by atoms with Crippen molar-refractivity contribution in [3.8, 4) is 0 Å². The molecule has 2 heterocycles. The lowest BCUT2D eigenvalue weighted by Crippen LogP contribution is -2.21. The highest BCUT2D eigenvalue weighted by Crippen LogP contribution is 2.25. The number of amides is 1. The number of aryl methyl sites for hydroxylation is 2. The Morgan fingerprint density at radius 2 is 1.97 bits per heavy atom. The third-order valence-corrected chi connectivity index (χ3v) is 7.46. The molecule has 152 valence electrons. The van der Waals surface area contributed by atoms with Crippen molar-refractivity contribution in [3.63, 3.8) is 0 Å². The molecule has 1 N–H and O–H groups in total. The molecule has 29 heavy (non-hydrogen) atoms. The molecule has 0 spiro atoms. The number of nitrogens with one attached hydrogen (secondary N) is 1. The van der Waals surface area contributed by atoms with Crippen LogP contribution in [0.5, 0.6) is 0 Å². The number of anilines is 1. The van der Waals surface area contributed by atoms with Crippen LogP contribution in [0.15, 0.2) is 42.5 Å². The lowest BCUT2D eigenvalue weighted by Gasteiger charge is -2.13. The Kier molecular flexibility index (Phi) is 5.17. The summed E-state index contributed by atoms with van der Waals surface area (Å²) in [7, 11) is -2.95. The van der Waals surface area contributed by atoms with Gasteiger partial charge in [-0.1, -0.05) is 18.2 Å². The molecule has 4 rings (SSSR count). The molecule has 1 aliphatic heterocycles. The van der Waals surface area contributed by atoms with E-state index < -0.39 is 9.84 Å². The minimum atomic E-state index is -2.95. The van der Waals surface area contributed by atoms with Gasteiger partial charge < -0.3 is 9.88 Å². The molecule has 0 bridgehead atoms. The highest BCUT2D eigenvalue weighted by Gasteiger charge is 2.29. The molecule has 0 unspecified atom stereocenters. The molecule has 1 atom stereocenters. The van der Waals surface area contributed by atoms with Crippen LogP contribution >= 0.6 is 0 Å². The largest absolute Gasteiger partial charge is 0.325 e. The van der Waals surface area contributed by atoms with Gasteiger partial charge in [-0.15, -0.1) is 0 Å². The number of rotatable bonds is 5. The van der Waals surface area contributed by atoms with Gasteiger partial charge >= 0.3 is 0 Å². The van der Waals surface area contributed by atoms with Crippen LogP contribution in [0.4, 0.5) is 5.69 Å². The highest BCUT2D eigenvalue weighted by molar-refractivity contribution is 7.91. The van der Waals surface area contributed by atoms with E-state index >= 15 is 0 Å². The number of nitrogens with zero attached hydrogens (tertiary/aromatic N) is 2. The van der Waals surface area contributed by atoms with Gasteiger partial charge in [0, 0.05) is 12.1 Å². The summed E-state index contributed by atoms with van der Waals surface area (Å²) in [5.41, 5.74) is 4.78. The third-order valence-electron chi connectivity index (χ3n) is 5.62. The highest BCUT2D eigenvalue weighted by atomic mass is 32.2. The molecular formula is C22H25N3O3S. The van der Waals surface area contributed by atoms with Crippen LogP contribution in [0.25, 0.3) is 11.0 Å². The molecule has 0 saturated carbocycles. The number of carbonyl (C=O) groups excluding carboxylic acids is 1. The maximum atomic E-state index is 12.8. The van der Waals surface area contributed by atoms with E-state index in [1.165, 1.54) is 5.56 Å². The predicted molar refractivity (Wildman–Crippen MR) is 115 cm³/mol. The molecule has 1 fully saturated rings. The van der Waals surface area contributed by atoms with Gasteiger partial charge in [-0.3, -0.25) is 4.79 Å². The van der Waals surface area contributed by atoms with Crippen LogP contribution in [0.2, 0.25) is 0 Å². The fraction of sp³-hybridized carbons (Fsp3) is 0.364. The van der Waals surface area contributed by atoms with Gasteiger partial charge in [0.15, 0.2) is 9.84 Å². The van der Waals surface area contributed by atoms with Gasteiger partial charge in [0.25, 0.3) is 0 Å². The van der Waals surface area contributed by atoms with Crippen molar-refractivity contribution in [3.05, 3.63) is 59.4 Å². The van der Waals surface area contributed by atoms with E-state index in [1.54, 1.807) is 0 Å². The number of fused-ring (bicyclic) bond motifs is 1. The number of benzene rings is 2. The summed E-state index contributed by atoms with van der Waals surface area (Å²) in [5, 5.41) is 2.96. The number of carbonyl (C=O) groups is 1. The monoisotopic (exact) mass is 411 g/mol. The summed E-state index contributed by atoms with van der Waals surface area (Å²) in [6.45, 7) is 4.19. The van der Waals surface area contributed by atoms with Gasteiger partial charge in [0.1, 0.15) is 12.4 Å². The number of hydrogen-bond donors (Lipinski definition) is 1. The minimum absolute atomic E-state index is 0.0540. The maximum absolute atomic E-state index is 12.8. The lowest BCUT2D eigenvalue weighted by atomic mass is 10.1. The molecule has 2 aromatic carbocycles. The van der Waals surface area contributed by atoms with Crippen LogP contribution in [0.1, 0.15) is 23.4 Å². The summed E-state index contributed by atoms with van der Waals surface area (Å²) in [4.78, 5) is 17.5. The van der Waals surface area contributed by atoms with Crippen molar-refractivity contribution < 1.29 is 13.2 Å². The zero-order valence-corrected chi connectivity index (χ0v) is 17.5. The Morgan fingerprint density at radius 1 is 1.17 bits per heavy atom. The minimum Gasteiger partial charge on any atom is -0.325 e. The standard InChI is InChI=1S/C22H25N3O3S/c1-15-7-8-18(11-16(15)2)23-22(26)13-25-20-6-4-3-5-19(20)24-21(25)12-17-9-10-29(27,28)14-17/h3-8,11,17H,9-10,12-14H2,1-2H3,(H,23,26)/t17-/m1/s1. The second kappa shape index (κ2) is 7.63. The predicted octanol–water partition coefficient (Wildman–Crippen LogP) is 3.27. The van der Waals surface area contributed by atoms with Gasteiger partial charge in [-0.25, -0.2) is 13.4 Å². The first-order valence-corrected chi connectivity index (χ1v) is 11.6. The van der Waals surface area contributed by atoms with Crippen molar-refractivity contribution in [1.82, 2.24) is 9.55 Å². The number of para-hydroxylation sites is 2. The Bertz CT molecular complexity index is 1180. The quantitative estimate of drug-likeness (QED) is 0.699. The van der Waals surface area contributed by atoms with Crippen molar-refractivity contribution in [2.24, 2.45) is 5.92 Å². The molecule has 1 aromatic heterocycles. The second-order valence-corrected chi connectivity index (χ2v) is 10.2. The van der Waals surface area contributed by atoms with E-state index in [-0.39, 0.29) is 29.9 Å². The molecule has 0 radical (unpaired) electrons. The first-order valence-electron chi connectivity index (χ1n) is 9.82. The maximum Gasteiger partial charge on any atom is 0.244 e. The first-order chi connectivity index (χ1) is 13.8. The average molecular weight is 412 g/mol. The van der Waals surface area contributed by atoms with Crippen molar-refractivity contribution >= 4 is 32.5 Å². The molecule has 0 aliphatic carbocycles. The molecular weight excluding hydrogens is 386 g/mol. The average Bonchev–Trinajstić information content (AvgIpc) is 3.18. The van der Waals surface area contributed by atoms with E-state index in [9.17, 15) is 13.2 Å². The second-order valence-electron chi connectivity index (χ2n) is 7.92.